The van der Waals surface area contributed by atoms with E-state index in [0.29, 0.717) is 32.6 Å². The van der Waals surface area contributed by atoms with Crippen LogP contribution in [0, 0.1) is 5.82 Å². The van der Waals surface area contributed by atoms with Crippen molar-refractivity contribution in [3.8, 4) is 5.69 Å². The summed E-state index contributed by atoms with van der Waals surface area (Å²) in [4.78, 5) is 28.3. The summed E-state index contributed by atoms with van der Waals surface area (Å²) >= 11 is 0. The third kappa shape index (κ3) is 5.51. The number of ether oxygens (including phenoxy) is 1. The van der Waals surface area contributed by atoms with Crippen LogP contribution >= 0.6 is 0 Å². The first-order chi connectivity index (χ1) is 15.6. The summed E-state index contributed by atoms with van der Waals surface area (Å²) in [5, 5.41) is 4.31. The second kappa shape index (κ2) is 10.1. The number of hydrogen-bond acceptors (Lipinski definition) is 5. The van der Waals surface area contributed by atoms with Crippen molar-refractivity contribution in [1.82, 2.24) is 14.7 Å². The van der Waals surface area contributed by atoms with Crippen LogP contribution in [0.15, 0.2) is 67.0 Å². The van der Waals surface area contributed by atoms with Crippen molar-refractivity contribution in [2.75, 3.05) is 37.7 Å². The van der Waals surface area contributed by atoms with E-state index in [-0.39, 0.29) is 24.8 Å². The highest BCUT2D eigenvalue weighted by atomic mass is 19.1. The number of benzene rings is 2. The van der Waals surface area contributed by atoms with Gasteiger partial charge in [0.25, 0.3) is 5.91 Å². The minimum absolute atomic E-state index is 0.187. The van der Waals surface area contributed by atoms with E-state index < -0.39 is 5.97 Å². The maximum absolute atomic E-state index is 13.1. The summed E-state index contributed by atoms with van der Waals surface area (Å²) in [6.07, 6.45) is 4.29. The van der Waals surface area contributed by atoms with Crippen molar-refractivity contribution in [3.63, 3.8) is 0 Å². The molecule has 166 valence electrons. The third-order valence-electron chi connectivity index (χ3n) is 5.46. The van der Waals surface area contributed by atoms with E-state index in [0.717, 1.165) is 16.9 Å². The van der Waals surface area contributed by atoms with Gasteiger partial charge in [0.05, 0.1) is 11.9 Å². The number of rotatable bonds is 7. The van der Waals surface area contributed by atoms with Gasteiger partial charge in [0.2, 0.25) is 0 Å². The van der Waals surface area contributed by atoms with Gasteiger partial charge in [0, 0.05) is 44.5 Å². The smallest absolute Gasteiger partial charge is 0.306 e. The van der Waals surface area contributed by atoms with Crippen molar-refractivity contribution in [2.45, 2.75) is 12.8 Å². The molecule has 1 saturated heterocycles. The molecule has 0 spiro atoms. The van der Waals surface area contributed by atoms with Gasteiger partial charge in [-0.2, -0.15) is 5.10 Å². The maximum Gasteiger partial charge on any atom is 0.306 e. The molecule has 0 saturated carbocycles. The Morgan fingerprint density at radius 1 is 0.938 bits per heavy atom. The Morgan fingerprint density at radius 2 is 1.66 bits per heavy atom. The summed E-state index contributed by atoms with van der Waals surface area (Å²) < 4.78 is 20.0. The van der Waals surface area contributed by atoms with Gasteiger partial charge >= 0.3 is 5.97 Å². The van der Waals surface area contributed by atoms with Gasteiger partial charge in [-0.05, 0) is 48.4 Å². The lowest BCUT2D eigenvalue weighted by Gasteiger charge is -2.36. The van der Waals surface area contributed by atoms with Crippen molar-refractivity contribution >= 4 is 17.6 Å². The summed E-state index contributed by atoms with van der Waals surface area (Å²) in [6.45, 7) is 2.12. The first-order valence-electron chi connectivity index (χ1n) is 10.6. The number of carbonyl (C=O) groups excluding carboxylic acids is 2. The van der Waals surface area contributed by atoms with Gasteiger partial charge in [-0.25, -0.2) is 9.07 Å². The Labute approximate surface area is 186 Å². The van der Waals surface area contributed by atoms with E-state index in [9.17, 15) is 14.0 Å². The Hall–Kier alpha value is -3.68. The fourth-order valence-electron chi connectivity index (χ4n) is 3.63. The molecule has 0 radical (unpaired) electrons. The molecule has 0 unspecified atom stereocenters. The van der Waals surface area contributed by atoms with Gasteiger partial charge in [-0.15, -0.1) is 0 Å². The highest BCUT2D eigenvalue weighted by molar-refractivity contribution is 5.81. The second-order valence-corrected chi connectivity index (χ2v) is 7.63. The predicted octanol–water partition coefficient (Wildman–Crippen LogP) is 2.84. The highest BCUT2D eigenvalue weighted by Gasteiger charge is 2.22. The first-order valence-corrected chi connectivity index (χ1v) is 10.6. The number of aryl methyl sites for hydroxylation is 1. The van der Waals surface area contributed by atoms with Crippen molar-refractivity contribution in [1.29, 1.82) is 0 Å². The molecule has 4 rings (SSSR count). The van der Waals surface area contributed by atoms with Crippen LogP contribution in [0.5, 0.6) is 0 Å². The third-order valence-corrected chi connectivity index (χ3v) is 5.46. The van der Waals surface area contributed by atoms with Gasteiger partial charge in [-0.1, -0.05) is 18.2 Å². The summed E-state index contributed by atoms with van der Waals surface area (Å²) in [5.41, 5.74) is 2.81. The van der Waals surface area contributed by atoms with Crippen molar-refractivity contribution in [2.24, 2.45) is 0 Å². The molecule has 3 aromatic rings. The van der Waals surface area contributed by atoms with Crippen LogP contribution in [-0.4, -0.2) is 59.3 Å². The molecule has 0 bridgehead atoms. The number of carbonyl (C=O) groups is 2. The largest absolute Gasteiger partial charge is 0.456 e. The van der Waals surface area contributed by atoms with Crippen LogP contribution in [0.25, 0.3) is 5.69 Å². The number of aromatic nitrogens is 2. The molecule has 1 aromatic heterocycles. The number of nitrogens with zero attached hydrogens (tertiary/aromatic N) is 4. The fourth-order valence-corrected chi connectivity index (χ4v) is 3.63. The van der Waals surface area contributed by atoms with Crippen LogP contribution in [0.3, 0.4) is 0 Å². The zero-order chi connectivity index (χ0) is 22.3. The molecule has 1 aliphatic heterocycles. The van der Waals surface area contributed by atoms with Crippen LogP contribution in [0.2, 0.25) is 0 Å². The molecule has 2 aromatic carbocycles. The SMILES string of the molecule is O=C(CCc1cnn(-c2ccccc2)c1)OCC(=O)N1CCN(c2ccc(F)cc2)CC1. The van der Waals surface area contributed by atoms with Crippen molar-refractivity contribution in [3.05, 3.63) is 78.4 Å². The number of esters is 1. The molecule has 0 aliphatic carbocycles. The Morgan fingerprint density at radius 3 is 2.38 bits per heavy atom. The molecule has 1 fully saturated rings. The first kappa shape index (κ1) is 21.5. The average Bonchev–Trinajstić information content (AvgIpc) is 3.31. The molecular weight excluding hydrogens is 411 g/mol. The molecule has 0 atom stereocenters. The van der Waals surface area contributed by atoms with Crippen LogP contribution < -0.4 is 4.90 Å². The number of halogens is 1. The zero-order valence-electron chi connectivity index (χ0n) is 17.7. The normalized spacial score (nSPS) is 13.8. The summed E-state index contributed by atoms with van der Waals surface area (Å²) in [7, 11) is 0. The minimum atomic E-state index is -0.407. The Bertz CT molecular complexity index is 1040. The maximum atomic E-state index is 13.1. The number of anilines is 1. The van der Waals surface area contributed by atoms with Crippen LogP contribution in [-0.2, 0) is 20.7 Å². The lowest BCUT2D eigenvalue weighted by molar-refractivity contribution is -0.152. The van der Waals surface area contributed by atoms with Crippen LogP contribution in [0.4, 0.5) is 10.1 Å². The van der Waals surface area contributed by atoms with Crippen LogP contribution in [0.1, 0.15) is 12.0 Å². The molecule has 7 nitrogen and oxygen atoms in total. The predicted molar refractivity (Wildman–Crippen MR) is 118 cm³/mol. The number of piperazine rings is 1. The van der Waals surface area contributed by atoms with E-state index in [1.165, 1.54) is 12.1 Å². The molecule has 2 heterocycles. The topological polar surface area (TPSA) is 67.7 Å². The van der Waals surface area contributed by atoms with Crippen molar-refractivity contribution < 1.29 is 18.7 Å². The molecule has 1 amide bonds. The van der Waals surface area contributed by atoms with Gasteiger partial charge in [0.1, 0.15) is 5.82 Å². The Balaban J connectivity index is 1.17. The van der Waals surface area contributed by atoms with E-state index in [1.807, 2.05) is 36.5 Å². The van der Waals surface area contributed by atoms with Gasteiger partial charge in [0.15, 0.2) is 6.61 Å². The average molecular weight is 436 g/mol. The number of para-hydroxylation sites is 1. The fraction of sp³-hybridized carbons (Fsp3) is 0.292. The minimum Gasteiger partial charge on any atom is -0.456 e. The quantitative estimate of drug-likeness (QED) is 0.533. The van der Waals surface area contributed by atoms with Gasteiger partial charge in [-0.3, -0.25) is 9.59 Å². The Kier molecular flexibility index (Phi) is 6.79. The molecule has 1 aliphatic rings. The molecule has 8 heteroatoms. The zero-order valence-corrected chi connectivity index (χ0v) is 17.7. The number of amides is 1. The van der Waals surface area contributed by atoms with E-state index >= 15 is 0 Å². The molecule has 0 N–H and O–H groups in total. The van der Waals surface area contributed by atoms with E-state index in [2.05, 4.69) is 10.00 Å². The van der Waals surface area contributed by atoms with E-state index in [4.69, 9.17) is 4.74 Å². The lowest BCUT2D eigenvalue weighted by atomic mass is 10.2. The molecular formula is C24H25FN4O3. The number of hydrogen-bond donors (Lipinski definition) is 0. The van der Waals surface area contributed by atoms with E-state index in [1.54, 1.807) is 27.9 Å². The summed E-state index contributed by atoms with van der Waals surface area (Å²) in [5.74, 6) is -0.876. The second-order valence-electron chi connectivity index (χ2n) is 7.63. The molecule has 32 heavy (non-hydrogen) atoms. The monoisotopic (exact) mass is 436 g/mol. The standard InChI is InChI=1S/C24H25FN4O3/c25-20-7-9-21(10-8-20)27-12-14-28(15-13-27)23(30)18-32-24(31)11-6-19-16-26-29(17-19)22-4-2-1-3-5-22/h1-5,7-10,16-17H,6,11-15,18H2. The lowest BCUT2D eigenvalue weighted by Crippen LogP contribution is -2.49. The van der Waals surface area contributed by atoms with Gasteiger partial charge < -0.3 is 14.5 Å². The highest BCUT2D eigenvalue weighted by Crippen LogP contribution is 2.17. The summed E-state index contributed by atoms with van der Waals surface area (Å²) in [6, 6.07) is 16.1.